The molecule has 100 valence electrons. The topological polar surface area (TPSA) is 50.3 Å². The zero-order valence-corrected chi connectivity index (χ0v) is 11.4. The van der Waals surface area contributed by atoms with Crippen LogP contribution in [0.5, 0.6) is 0 Å². The molecule has 0 amide bonds. The van der Waals surface area contributed by atoms with E-state index in [2.05, 4.69) is 20.2 Å². The number of aromatic nitrogens is 2. The molecule has 0 aromatic carbocycles. The van der Waals surface area contributed by atoms with Gasteiger partial charge in [-0.15, -0.1) is 0 Å². The third-order valence-electron chi connectivity index (χ3n) is 3.28. The Balaban J connectivity index is 2.01. The molecular weight excluding hydrogens is 228 g/mol. The van der Waals surface area contributed by atoms with E-state index in [-0.39, 0.29) is 0 Å². The SMILES string of the molecule is CNCc1cnc(N(C)CC2CCCO2)nc1C. The number of nitrogens with zero attached hydrogens (tertiary/aromatic N) is 3. The minimum absolute atomic E-state index is 0.330. The van der Waals surface area contributed by atoms with Crippen molar-refractivity contribution in [3.63, 3.8) is 0 Å². The molecule has 1 aromatic heterocycles. The van der Waals surface area contributed by atoms with E-state index < -0.39 is 0 Å². The number of likely N-dealkylation sites (N-methyl/N-ethyl adjacent to an activating group) is 1. The molecule has 1 atom stereocenters. The fourth-order valence-electron chi connectivity index (χ4n) is 2.20. The molecule has 18 heavy (non-hydrogen) atoms. The lowest BCUT2D eigenvalue weighted by Crippen LogP contribution is -2.30. The minimum Gasteiger partial charge on any atom is -0.376 e. The van der Waals surface area contributed by atoms with Crippen LogP contribution in [0.3, 0.4) is 0 Å². The van der Waals surface area contributed by atoms with E-state index in [0.717, 1.165) is 43.3 Å². The molecule has 5 heteroatoms. The Morgan fingerprint density at radius 3 is 3.00 bits per heavy atom. The zero-order valence-electron chi connectivity index (χ0n) is 11.4. The molecule has 1 aliphatic rings. The lowest BCUT2D eigenvalue weighted by molar-refractivity contribution is 0.116. The molecule has 0 radical (unpaired) electrons. The number of anilines is 1. The highest BCUT2D eigenvalue weighted by molar-refractivity contribution is 5.32. The number of nitrogens with one attached hydrogen (secondary N) is 1. The first kappa shape index (κ1) is 13.2. The lowest BCUT2D eigenvalue weighted by atomic mass is 10.2. The second kappa shape index (κ2) is 6.11. The molecule has 0 saturated carbocycles. The average molecular weight is 250 g/mol. The summed E-state index contributed by atoms with van der Waals surface area (Å²) in [6.45, 7) is 4.59. The molecule has 1 aromatic rings. The lowest BCUT2D eigenvalue weighted by Gasteiger charge is -2.21. The first-order chi connectivity index (χ1) is 8.70. The van der Waals surface area contributed by atoms with Crippen molar-refractivity contribution in [2.45, 2.75) is 32.4 Å². The third-order valence-corrected chi connectivity index (χ3v) is 3.28. The average Bonchev–Trinajstić information content (AvgIpc) is 2.84. The summed E-state index contributed by atoms with van der Waals surface area (Å²) in [5.41, 5.74) is 2.18. The quantitative estimate of drug-likeness (QED) is 0.848. The van der Waals surface area contributed by atoms with Gasteiger partial charge in [0.2, 0.25) is 5.95 Å². The molecule has 2 rings (SSSR count). The van der Waals surface area contributed by atoms with Crippen LogP contribution in [0.4, 0.5) is 5.95 Å². The zero-order chi connectivity index (χ0) is 13.0. The molecule has 2 heterocycles. The molecule has 0 aliphatic carbocycles. The first-order valence-corrected chi connectivity index (χ1v) is 6.50. The molecule has 5 nitrogen and oxygen atoms in total. The summed E-state index contributed by atoms with van der Waals surface area (Å²) in [6, 6.07) is 0. The maximum Gasteiger partial charge on any atom is 0.225 e. The van der Waals surface area contributed by atoms with Gasteiger partial charge in [-0.05, 0) is 26.8 Å². The Morgan fingerprint density at radius 1 is 1.56 bits per heavy atom. The van der Waals surface area contributed by atoms with Gasteiger partial charge in [-0.2, -0.15) is 0 Å². The van der Waals surface area contributed by atoms with Crippen LogP contribution in [0.1, 0.15) is 24.1 Å². The van der Waals surface area contributed by atoms with E-state index in [1.54, 1.807) is 0 Å². The van der Waals surface area contributed by atoms with Gasteiger partial charge in [-0.3, -0.25) is 0 Å². The summed E-state index contributed by atoms with van der Waals surface area (Å²) in [5, 5.41) is 3.12. The molecule has 1 N–H and O–H groups in total. The Bertz CT molecular complexity index is 391. The third kappa shape index (κ3) is 3.17. The number of ether oxygens (including phenoxy) is 1. The second-order valence-electron chi connectivity index (χ2n) is 4.83. The molecule has 1 unspecified atom stereocenters. The molecule has 1 fully saturated rings. The predicted molar refractivity (Wildman–Crippen MR) is 71.8 cm³/mol. The van der Waals surface area contributed by atoms with E-state index in [9.17, 15) is 0 Å². The maximum atomic E-state index is 5.63. The summed E-state index contributed by atoms with van der Waals surface area (Å²) in [5.74, 6) is 0.780. The summed E-state index contributed by atoms with van der Waals surface area (Å²) in [6.07, 6.45) is 4.54. The van der Waals surface area contributed by atoms with E-state index in [1.165, 1.54) is 6.42 Å². The number of rotatable bonds is 5. The highest BCUT2D eigenvalue weighted by Crippen LogP contribution is 2.16. The van der Waals surface area contributed by atoms with Gasteiger partial charge in [-0.1, -0.05) is 0 Å². The van der Waals surface area contributed by atoms with Gasteiger partial charge in [0.1, 0.15) is 0 Å². The van der Waals surface area contributed by atoms with E-state index in [1.807, 2.05) is 27.2 Å². The number of hydrogen-bond acceptors (Lipinski definition) is 5. The predicted octanol–water partition coefficient (Wildman–Crippen LogP) is 1.12. The van der Waals surface area contributed by atoms with Gasteiger partial charge < -0.3 is 15.0 Å². The van der Waals surface area contributed by atoms with E-state index in [4.69, 9.17) is 4.74 Å². The first-order valence-electron chi connectivity index (χ1n) is 6.50. The number of aryl methyl sites for hydroxylation is 1. The summed E-state index contributed by atoms with van der Waals surface area (Å²) in [4.78, 5) is 11.0. The Kier molecular flexibility index (Phi) is 4.49. The van der Waals surface area contributed by atoms with Crippen LogP contribution in [0, 0.1) is 6.92 Å². The highest BCUT2D eigenvalue weighted by atomic mass is 16.5. The Morgan fingerprint density at radius 2 is 2.39 bits per heavy atom. The molecule has 1 aliphatic heterocycles. The fourth-order valence-corrected chi connectivity index (χ4v) is 2.20. The van der Waals surface area contributed by atoms with Crippen molar-refractivity contribution in [3.05, 3.63) is 17.5 Å². The minimum atomic E-state index is 0.330. The Hall–Kier alpha value is -1.20. The summed E-state index contributed by atoms with van der Waals surface area (Å²) < 4.78 is 5.63. The van der Waals surface area contributed by atoms with Crippen molar-refractivity contribution in [2.24, 2.45) is 0 Å². The van der Waals surface area contributed by atoms with Crippen molar-refractivity contribution in [1.29, 1.82) is 0 Å². The van der Waals surface area contributed by atoms with Crippen molar-refractivity contribution in [3.8, 4) is 0 Å². The highest BCUT2D eigenvalue weighted by Gasteiger charge is 2.18. The van der Waals surface area contributed by atoms with Gasteiger partial charge >= 0.3 is 0 Å². The van der Waals surface area contributed by atoms with Crippen molar-refractivity contribution < 1.29 is 4.74 Å². The van der Waals surface area contributed by atoms with Crippen LogP contribution in [0.2, 0.25) is 0 Å². The second-order valence-corrected chi connectivity index (χ2v) is 4.83. The van der Waals surface area contributed by atoms with Gasteiger partial charge in [0.05, 0.1) is 6.10 Å². The number of hydrogen-bond donors (Lipinski definition) is 1. The van der Waals surface area contributed by atoms with Crippen LogP contribution >= 0.6 is 0 Å². The fraction of sp³-hybridized carbons (Fsp3) is 0.692. The molecular formula is C13H22N4O. The normalized spacial score (nSPS) is 19.2. The molecule has 0 bridgehead atoms. The standard InChI is InChI=1S/C13H22N4O/c1-10-11(7-14-2)8-15-13(16-10)17(3)9-12-5-4-6-18-12/h8,12,14H,4-7,9H2,1-3H3. The van der Waals surface area contributed by atoms with Crippen LogP contribution in [-0.2, 0) is 11.3 Å². The smallest absolute Gasteiger partial charge is 0.225 e. The molecule has 0 spiro atoms. The van der Waals surface area contributed by atoms with Crippen LogP contribution in [0.15, 0.2) is 6.20 Å². The maximum absolute atomic E-state index is 5.63. The van der Waals surface area contributed by atoms with E-state index >= 15 is 0 Å². The van der Waals surface area contributed by atoms with Gasteiger partial charge in [-0.25, -0.2) is 9.97 Å². The van der Waals surface area contributed by atoms with Gasteiger partial charge in [0.25, 0.3) is 0 Å². The monoisotopic (exact) mass is 250 g/mol. The van der Waals surface area contributed by atoms with Crippen LogP contribution in [-0.4, -0.2) is 43.3 Å². The van der Waals surface area contributed by atoms with Gasteiger partial charge in [0.15, 0.2) is 0 Å². The van der Waals surface area contributed by atoms with Crippen LogP contribution < -0.4 is 10.2 Å². The van der Waals surface area contributed by atoms with Gasteiger partial charge in [0, 0.05) is 44.2 Å². The largest absolute Gasteiger partial charge is 0.376 e. The molecule has 1 saturated heterocycles. The van der Waals surface area contributed by atoms with Crippen LogP contribution in [0.25, 0.3) is 0 Å². The summed E-state index contributed by atoms with van der Waals surface area (Å²) in [7, 11) is 3.95. The summed E-state index contributed by atoms with van der Waals surface area (Å²) >= 11 is 0. The Labute approximate surface area is 109 Å². The van der Waals surface area contributed by atoms with Crippen molar-refractivity contribution >= 4 is 5.95 Å². The van der Waals surface area contributed by atoms with Crippen molar-refractivity contribution in [2.75, 3.05) is 32.1 Å². The van der Waals surface area contributed by atoms with E-state index in [0.29, 0.717) is 6.10 Å². The van der Waals surface area contributed by atoms with Crippen molar-refractivity contribution in [1.82, 2.24) is 15.3 Å².